The number of hydrogen-bond donors (Lipinski definition) is 2. The summed E-state index contributed by atoms with van der Waals surface area (Å²) in [4.78, 5) is 39.5. The molecule has 0 aromatic rings. The van der Waals surface area contributed by atoms with Gasteiger partial charge in [-0.25, -0.2) is 0 Å². The Bertz CT molecular complexity index is 496. The number of nitrogens with one attached hydrogen (secondary N) is 1. The molecule has 2 saturated heterocycles. The van der Waals surface area contributed by atoms with Crippen LogP contribution < -0.4 is 5.32 Å². The molecule has 2 N–H and O–H groups in total. The number of carbonyl (C=O) groups is 3. The number of nitrogens with zero attached hydrogens (tertiary/aromatic N) is 2. The van der Waals surface area contributed by atoms with Crippen LogP contribution in [0.15, 0.2) is 0 Å². The van der Waals surface area contributed by atoms with Crippen LogP contribution in [0.3, 0.4) is 0 Å². The summed E-state index contributed by atoms with van der Waals surface area (Å²) in [5.41, 5.74) is 0. The van der Waals surface area contributed by atoms with Crippen molar-refractivity contribution < 1.29 is 24.2 Å². The van der Waals surface area contributed by atoms with E-state index in [0.29, 0.717) is 19.4 Å². The number of ether oxygens (including phenoxy) is 1. The number of amides is 2. The normalized spacial score (nSPS) is 23.5. The predicted molar refractivity (Wildman–Crippen MR) is 85.7 cm³/mol. The Hall–Kier alpha value is -1.67. The molecule has 2 aliphatic rings. The van der Waals surface area contributed by atoms with Crippen molar-refractivity contribution in [2.24, 2.45) is 5.92 Å². The van der Waals surface area contributed by atoms with Crippen LogP contribution in [0.2, 0.25) is 0 Å². The van der Waals surface area contributed by atoms with E-state index in [9.17, 15) is 19.5 Å². The molecule has 2 fully saturated rings. The van der Waals surface area contributed by atoms with Crippen molar-refractivity contribution in [3.8, 4) is 0 Å². The first-order valence-electron chi connectivity index (χ1n) is 8.43. The third-order valence-corrected chi connectivity index (χ3v) is 4.61. The SMILES string of the molecule is COC(=O)CNC(O)[C@H](CC(C)C)N1CC(=O)N2CCC[C@H]2C1=O. The average Bonchev–Trinajstić information content (AvgIpc) is 3.04. The highest BCUT2D eigenvalue weighted by atomic mass is 16.5. The molecule has 2 rings (SSSR count). The van der Waals surface area contributed by atoms with Gasteiger partial charge in [0.1, 0.15) is 18.8 Å². The van der Waals surface area contributed by atoms with Gasteiger partial charge in [-0.1, -0.05) is 13.8 Å². The number of methoxy groups -OCH3 is 1. The van der Waals surface area contributed by atoms with Crippen molar-refractivity contribution >= 4 is 17.8 Å². The zero-order valence-electron chi connectivity index (χ0n) is 14.5. The Kier molecular flexibility index (Phi) is 6.17. The van der Waals surface area contributed by atoms with Gasteiger partial charge < -0.3 is 19.6 Å². The molecule has 0 saturated carbocycles. The largest absolute Gasteiger partial charge is 0.468 e. The minimum Gasteiger partial charge on any atom is -0.468 e. The summed E-state index contributed by atoms with van der Waals surface area (Å²) < 4.78 is 4.55. The molecule has 2 aliphatic heterocycles. The Morgan fingerprint density at radius 2 is 2.12 bits per heavy atom. The minimum absolute atomic E-state index is 0.0241. The quantitative estimate of drug-likeness (QED) is 0.470. The second-order valence-corrected chi connectivity index (χ2v) is 6.81. The number of esters is 1. The highest BCUT2D eigenvalue weighted by molar-refractivity contribution is 5.95. The maximum atomic E-state index is 12.8. The molecule has 2 amide bonds. The van der Waals surface area contributed by atoms with Crippen molar-refractivity contribution in [3.05, 3.63) is 0 Å². The topological polar surface area (TPSA) is 99.2 Å². The summed E-state index contributed by atoms with van der Waals surface area (Å²) in [6, 6.07) is -0.970. The smallest absolute Gasteiger partial charge is 0.319 e. The van der Waals surface area contributed by atoms with Crippen LogP contribution in [-0.2, 0) is 19.1 Å². The van der Waals surface area contributed by atoms with E-state index in [0.717, 1.165) is 6.42 Å². The molecule has 0 spiro atoms. The van der Waals surface area contributed by atoms with Crippen LogP contribution in [0.5, 0.6) is 0 Å². The van der Waals surface area contributed by atoms with Gasteiger partial charge in [0, 0.05) is 6.54 Å². The first-order valence-corrected chi connectivity index (χ1v) is 8.43. The van der Waals surface area contributed by atoms with Gasteiger partial charge in [-0.05, 0) is 25.2 Å². The summed E-state index contributed by atoms with van der Waals surface area (Å²) in [5.74, 6) is -0.475. The van der Waals surface area contributed by atoms with E-state index in [1.54, 1.807) is 4.90 Å². The van der Waals surface area contributed by atoms with Crippen LogP contribution >= 0.6 is 0 Å². The summed E-state index contributed by atoms with van der Waals surface area (Å²) in [5, 5.41) is 13.2. The molecule has 0 aromatic carbocycles. The molecular weight excluding hydrogens is 314 g/mol. The van der Waals surface area contributed by atoms with Gasteiger partial charge in [-0.3, -0.25) is 19.7 Å². The lowest BCUT2D eigenvalue weighted by molar-refractivity contribution is -0.159. The number of piperazine rings is 1. The zero-order valence-corrected chi connectivity index (χ0v) is 14.5. The molecule has 3 atom stereocenters. The molecule has 8 nitrogen and oxygen atoms in total. The second kappa shape index (κ2) is 7.94. The highest BCUT2D eigenvalue weighted by Gasteiger charge is 2.45. The predicted octanol–water partition coefficient (Wildman–Crippen LogP) is -0.685. The fourth-order valence-electron chi connectivity index (χ4n) is 3.41. The third kappa shape index (κ3) is 4.05. The number of carbonyl (C=O) groups excluding carboxylic acids is 3. The molecule has 136 valence electrons. The van der Waals surface area contributed by atoms with E-state index in [2.05, 4.69) is 10.1 Å². The highest BCUT2D eigenvalue weighted by Crippen LogP contribution is 2.27. The van der Waals surface area contributed by atoms with E-state index in [1.165, 1.54) is 12.0 Å². The second-order valence-electron chi connectivity index (χ2n) is 6.81. The zero-order chi connectivity index (χ0) is 17.9. The lowest BCUT2D eigenvalue weighted by atomic mass is 9.98. The van der Waals surface area contributed by atoms with Gasteiger partial charge in [-0.2, -0.15) is 0 Å². The van der Waals surface area contributed by atoms with Crippen molar-refractivity contribution in [1.82, 2.24) is 15.1 Å². The standard InChI is InChI=1S/C16H27N3O5/c1-10(2)7-12(15(22)17-8-14(21)24-3)19-9-13(20)18-6-4-5-11(18)16(19)23/h10-12,15,17,22H,4-9H2,1-3H3/t11-,12-,15?/m0/s1. The Balaban J connectivity index is 2.12. The fraction of sp³-hybridized carbons (Fsp3) is 0.812. The maximum absolute atomic E-state index is 12.8. The fourth-order valence-corrected chi connectivity index (χ4v) is 3.41. The number of fused-ring (bicyclic) bond motifs is 1. The van der Waals surface area contributed by atoms with Gasteiger partial charge in [0.2, 0.25) is 11.8 Å². The summed E-state index contributed by atoms with van der Waals surface area (Å²) >= 11 is 0. The van der Waals surface area contributed by atoms with Crippen LogP contribution in [0.25, 0.3) is 0 Å². The molecule has 0 bridgehead atoms. The Morgan fingerprint density at radius 1 is 1.42 bits per heavy atom. The molecule has 0 aliphatic carbocycles. The molecular formula is C16H27N3O5. The lowest BCUT2D eigenvalue weighted by Gasteiger charge is -2.42. The van der Waals surface area contributed by atoms with Gasteiger partial charge in [0.15, 0.2) is 0 Å². The molecule has 1 unspecified atom stereocenters. The number of hydrogen-bond acceptors (Lipinski definition) is 6. The number of aliphatic hydroxyl groups is 1. The van der Waals surface area contributed by atoms with Gasteiger partial charge in [0.05, 0.1) is 19.7 Å². The first kappa shape index (κ1) is 18.7. The van der Waals surface area contributed by atoms with Crippen molar-refractivity contribution in [1.29, 1.82) is 0 Å². The van der Waals surface area contributed by atoms with Crippen molar-refractivity contribution in [2.75, 3.05) is 26.7 Å². The molecule has 8 heteroatoms. The molecule has 2 heterocycles. The van der Waals surface area contributed by atoms with E-state index in [-0.39, 0.29) is 30.8 Å². The average molecular weight is 341 g/mol. The monoisotopic (exact) mass is 341 g/mol. The van der Waals surface area contributed by atoms with Gasteiger partial charge >= 0.3 is 5.97 Å². The van der Waals surface area contributed by atoms with Crippen LogP contribution in [0.4, 0.5) is 0 Å². The summed E-state index contributed by atoms with van der Waals surface area (Å²) in [6.45, 7) is 4.42. The Morgan fingerprint density at radius 3 is 2.75 bits per heavy atom. The minimum atomic E-state index is -1.10. The van der Waals surface area contributed by atoms with E-state index >= 15 is 0 Å². The van der Waals surface area contributed by atoms with E-state index in [4.69, 9.17) is 0 Å². The van der Waals surface area contributed by atoms with Gasteiger partial charge in [0.25, 0.3) is 0 Å². The van der Waals surface area contributed by atoms with E-state index in [1.807, 2.05) is 13.8 Å². The first-order chi connectivity index (χ1) is 11.3. The Labute approximate surface area is 142 Å². The summed E-state index contributed by atoms with van der Waals surface area (Å²) in [6.07, 6.45) is 0.923. The number of aliphatic hydroxyl groups excluding tert-OH is 1. The molecule has 0 aromatic heterocycles. The molecule has 24 heavy (non-hydrogen) atoms. The number of rotatable bonds is 7. The van der Waals surface area contributed by atoms with Crippen LogP contribution in [-0.4, -0.2) is 77.7 Å². The third-order valence-electron chi connectivity index (χ3n) is 4.61. The van der Waals surface area contributed by atoms with Crippen molar-refractivity contribution in [3.63, 3.8) is 0 Å². The summed E-state index contributed by atoms with van der Waals surface area (Å²) in [7, 11) is 1.27. The van der Waals surface area contributed by atoms with Gasteiger partial charge in [-0.15, -0.1) is 0 Å². The van der Waals surface area contributed by atoms with E-state index < -0.39 is 24.3 Å². The van der Waals surface area contributed by atoms with Crippen LogP contribution in [0, 0.1) is 5.92 Å². The lowest BCUT2D eigenvalue weighted by Crippen LogP contribution is -2.64. The molecule has 0 radical (unpaired) electrons. The maximum Gasteiger partial charge on any atom is 0.319 e. The van der Waals surface area contributed by atoms with Crippen LogP contribution in [0.1, 0.15) is 33.1 Å². The van der Waals surface area contributed by atoms with Crippen molar-refractivity contribution in [2.45, 2.75) is 51.4 Å².